The minimum Gasteiger partial charge on any atom is -0.307 e. The van der Waals surface area contributed by atoms with E-state index in [0.717, 1.165) is 23.8 Å². The molecule has 3 rings (SSSR count). The molecule has 1 aromatic heterocycles. The zero-order valence-electron chi connectivity index (χ0n) is 8.98. The molecule has 0 spiro atoms. The molecule has 1 aromatic carbocycles. The Morgan fingerprint density at radius 1 is 1.25 bits per heavy atom. The number of hydrogen-bond donors (Lipinski definition) is 2. The standard InChI is InChI=1S/C12H14N4/c1-2-4-9(5-3-1)12-14-11(15-16-12)8-13-10-6-7-10/h1-5,10,13H,6-8H2,(H,14,15,16). The Hall–Kier alpha value is -1.68. The highest BCUT2D eigenvalue weighted by Crippen LogP contribution is 2.19. The number of H-pyrrole nitrogens is 1. The van der Waals surface area contributed by atoms with Gasteiger partial charge >= 0.3 is 0 Å². The Labute approximate surface area is 94.1 Å². The van der Waals surface area contributed by atoms with Crippen LogP contribution in [0.1, 0.15) is 18.7 Å². The van der Waals surface area contributed by atoms with Gasteiger partial charge in [0.1, 0.15) is 5.82 Å². The molecule has 82 valence electrons. The maximum atomic E-state index is 4.45. The van der Waals surface area contributed by atoms with Crippen molar-refractivity contribution >= 4 is 0 Å². The number of nitrogens with zero attached hydrogens (tertiary/aromatic N) is 2. The summed E-state index contributed by atoms with van der Waals surface area (Å²) >= 11 is 0. The van der Waals surface area contributed by atoms with Crippen molar-refractivity contribution in [1.82, 2.24) is 20.5 Å². The summed E-state index contributed by atoms with van der Waals surface area (Å²) < 4.78 is 0. The molecule has 1 aliphatic carbocycles. The van der Waals surface area contributed by atoms with Gasteiger partial charge in [-0.15, -0.1) is 0 Å². The SMILES string of the molecule is c1ccc(-c2n[nH]c(CNC3CC3)n2)cc1. The van der Waals surface area contributed by atoms with Crippen molar-refractivity contribution in [2.24, 2.45) is 0 Å². The monoisotopic (exact) mass is 214 g/mol. The van der Waals surface area contributed by atoms with Crippen LogP contribution in [0.15, 0.2) is 30.3 Å². The van der Waals surface area contributed by atoms with Crippen LogP contribution in [-0.4, -0.2) is 21.2 Å². The fraction of sp³-hybridized carbons (Fsp3) is 0.333. The lowest BCUT2D eigenvalue weighted by Crippen LogP contribution is -2.16. The molecule has 0 atom stereocenters. The topological polar surface area (TPSA) is 53.6 Å². The maximum Gasteiger partial charge on any atom is 0.181 e. The van der Waals surface area contributed by atoms with Gasteiger partial charge in [0, 0.05) is 11.6 Å². The van der Waals surface area contributed by atoms with Crippen molar-refractivity contribution in [3.63, 3.8) is 0 Å². The molecule has 1 saturated carbocycles. The van der Waals surface area contributed by atoms with E-state index in [-0.39, 0.29) is 0 Å². The van der Waals surface area contributed by atoms with Gasteiger partial charge < -0.3 is 5.32 Å². The molecule has 0 amide bonds. The van der Waals surface area contributed by atoms with E-state index >= 15 is 0 Å². The Bertz CT molecular complexity index is 459. The molecule has 4 nitrogen and oxygen atoms in total. The highest BCUT2D eigenvalue weighted by Gasteiger charge is 2.20. The third kappa shape index (κ3) is 2.12. The summed E-state index contributed by atoms with van der Waals surface area (Å²) in [5.41, 5.74) is 1.05. The van der Waals surface area contributed by atoms with Crippen LogP contribution in [0.4, 0.5) is 0 Å². The van der Waals surface area contributed by atoms with Crippen molar-refractivity contribution in [3.05, 3.63) is 36.2 Å². The number of benzene rings is 1. The second-order valence-corrected chi connectivity index (χ2v) is 4.13. The molecule has 1 fully saturated rings. The van der Waals surface area contributed by atoms with Gasteiger partial charge in [-0.05, 0) is 12.8 Å². The van der Waals surface area contributed by atoms with Gasteiger partial charge in [0.05, 0.1) is 6.54 Å². The first kappa shape index (κ1) is 9.54. The first-order valence-corrected chi connectivity index (χ1v) is 5.62. The van der Waals surface area contributed by atoms with E-state index in [4.69, 9.17) is 0 Å². The highest BCUT2D eigenvalue weighted by atomic mass is 15.2. The molecular formula is C12H14N4. The van der Waals surface area contributed by atoms with E-state index < -0.39 is 0 Å². The third-order valence-corrected chi connectivity index (χ3v) is 2.70. The van der Waals surface area contributed by atoms with E-state index in [1.54, 1.807) is 0 Å². The number of nitrogens with one attached hydrogen (secondary N) is 2. The molecule has 16 heavy (non-hydrogen) atoms. The van der Waals surface area contributed by atoms with Gasteiger partial charge in [-0.1, -0.05) is 30.3 Å². The molecule has 1 aliphatic rings. The predicted molar refractivity (Wildman–Crippen MR) is 61.7 cm³/mol. The summed E-state index contributed by atoms with van der Waals surface area (Å²) in [6, 6.07) is 10.7. The zero-order chi connectivity index (χ0) is 10.8. The molecule has 0 unspecified atom stereocenters. The molecule has 2 N–H and O–H groups in total. The van der Waals surface area contributed by atoms with Crippen molar-refractivity contribution in [2.45, 2.75) is 25.4 Å². The lowest BCUT2D eigenvalue weighted by molar-refractivity contribution is 0.660. The molecule has 0 bridgehead atoms. The summed E-state index contributed by atoms with van der Waals surface area (Å²) in [5.74, 6) is 1.68. The van der Waals surface area contributed by atoms with Crippen LogP contribution in [-0.2, 0) is 6.54 Å². The maximum absolute atomic E-state index is 4.45. The molecule has 2 aromatic rings. The average molecular weight is 214 g/mol. The van der Waals surface area contributed by atoms with Crippen LogP contribution in [0.25, 0.3) is 11.4 Å². The Balaban J connectivity index is 1.71. The Morgan fingerprint density at radius 2 is 2.06 bits per heavy atom. The minimum absolute atomic E-state index is 0.699. The number of aromatic nitrogens is 3. The average Bonchev–Trinajstić information content (AvgIpc) is 3.05. The van der Waals surface area contributed by atoms with E-state index in [9.17, 15) is 0 Å². The smallest absolute Gasteiger partial charge is 0.181 e. The number of rotatable bonds is 4. The highest BCUT2D eigenvalue weighted by molar-refractivity contribution is 5.53. The van der Waals surface area contributed by atoms with Crippen molar-refractivity contribution in [2.75, 3.05) is 0 Å². The molecule has 0 aliphatic heterocycles. The summed E-state index contributed by atoms with van der Waals surface area (Å²) in [6.07, 6.45) is 2.58. The third-order valence-electron chi connectivity index (χ3n) is 2.70. The fourth-order valence-electron chi connectivity index (χ4n) is 1.62. The van der Waals surface area contributed by atoms with Crippen LogP contribution in [0, 0.1) is 0 Å². The van der Waals surface area contributed by atoms with Gasteiger partial charge in [0.15, 0.2) is 5.82 Å². The fourth-order valence-corrected chi connectivity index (χ4v) is 1.62. The van der Waals surface area contributed by atoms with Crippen molar-refractivity contribution in [1.29, 1.82) is 0 Å². The van der Waals surface area contributed by atoms with Crippen LogP contribution in [0.2, 0.25) is 0 Å². The van der Waals surface area contributed by atoms with Crippen molar-refractivity contribution in [3.8, 4) is 11.4 Å². The Kier molecular flexibility index (Phi) is 2.42. The molecule has 0 radical (unpaired) electrons. The quantitative estimate of drug-likeness (QED) is 0.814. The second kappa shape index (κ2) is 4.06. The van der Waals surface area contributed by atoms with Crippen LogP contribution in [0.5, 0.6) is 0 Å². The van der Waals surface area contributed by atoms with Gasteiger partial charge in [0.25, 0.3) is 0 Å². The first-order valence-electron chi connectivity index (χ1n) is 5.62. The van der Waals surface area contributed by atoms with Crippen LogP contribution < -0.4 is 5.32 Å². The van der Waals surface area contributed by atoms with E-state index in [1.165, 1.54) is 12.8 Å². The molecule has 1 heterocycles. The van der Waals surface area contributed by atoms with E-state index in [0.29, 0.717) is 6.04 Å². The lowest BCUT2D eigenvalue weighted by atomic mass is 10.2. The predicted octanol–water partition coefficient (Wildman–Crippen LogP) is 1.72. The van der Waals surface area contributed by atoms with E-state index in [2.05, 4.69) is 20.5 Å². The normalized spacial score (nSPS) is 15.2. The summed E-state index contributed by atoms with van der Waals surface area (Å²) in [4.78, 5) is 4.45. The number of hydrogen-bond acceptors (Lipinski definition) is 3. The van der Waals surface area contributed by atoms with Gasteiger partial charge in [-0.2, -0.15) is 5.10 Å². The number of aromatic amines is 1. The summed E-state index contributed by atoms with van der Waals surface area (Å²) in [6.45, 7) is 0.782. The molecular weight excluding hydrogens is 200 g/mol. The minimum atomic E-state index is 0.699. The van der Waals surface area contributed by atoms with Crippen LogP contribution >= 0.6 is 0 Å². The largest absolute Gasteiger partial charge is 0.307 e. The van der Waals surface area contributed by atoms with Crippen LogP contribution in [0.3, 0.4) is 0 Å². The molecule has 0 saturated heterocycles. The summed E-state index contributed by atoms with van der Waals surface area (Å²) in [7, 11) is 0. The lowest BCUT2D eigenvalue weighted by Gasteiger charge is -1.96. The van der Waals surface area contributed by atoms with Gasteiger partial charge in [-0.3, -0.25) is 5.10 Å². The van der Waals surface area contributed by atoms with Gasteiger partial charge in [0.2, 0.25) is 0 Å². The van der Waals surface area contributed by atoms with Crippen molar-refractivity contribution < 1.29 is 0 Å². The summed E-state index contributed by atoms with van der Waals surface area (Å²) in [5, 5.41) is 10.6. The van der Waals surface area contributed by atoms with E-state index in [1.807, 2.05) is 30.3 Å². The first-order chi connectivity index (χ1) is 7.92. The Morgan fingerprint density at radius 3 is 2.81 bits per heavy atom. The second-order valence-electron chi connectivity index (χ2n) is 4.13. The van der Waals surface area contributed by atoms with Gasteiger partial charge in [-0.25, -0.2) is 4.98 Å². The molecule has 4 heteroatoms. The zero-order valence-corrected chi connectivity index (χ0v) is 8.98.